The molecule has 420 valence electrons. The molecule has 0 radical (unpaired) electrons. The Bertz CT molecular complexity index is 1250. The van der Waals surface area contributed by atoms with Gasteiger partial charge < -0.3 is 14.2 Å². The van der Waals surface area contributed by atoms with Crippen molar-refractivity contribution in [1.29, 1.82) is 0 Å². The molecule has 6 heteroatoms. The molecule has 0 rings (SSSR count). The summed E-state index contributed by atoms with van der Waals surface area (Å²) in [7, 11) is 0. The highest BCUT2D eigenvalue weighted by atomic mass is 16.6. The van der Waals surface area contributed by atoms with Gasteiger partial charge in [0.25, 0.3) is 0 Å². The van der Waals surface area contributed by atoms with Crippen LogP contribution in [0.1, 0.15) is 335 Å². The van der Waals surface area contributed by atoms with Gasteiger partial charge in [-0.25, -0.2) is 0 Å². The van der Waals surface area contributed by atoms with Crippen LogP contribution >= 0.6 is 0 Å². The normalized spacial score (nSPS) is 12.3. The van der Waals surface area contributed by atoms with Crippen LogP contribution in [0.15, 0.2) is 48.6 Å². The predicted octanol–water partition coefficient (Wildman–Crippen LogP) is 21.4. The van der Waals surface area contributed by atoms with Crippen LogP contribution < -0.4 is 0 Å². The van der Waals surface area contributed by atoms with Crippen molar-refractivity contribution in [1.82, 2.24) is 0 Å². The summed E-state index contributed by atoms with van der Waals surface area (Å²) in [5.74, 6) is -0.871. The summed E-state index contributed by atoms with van der Waals surface area (Å²) >= 11 is 0. The van der Waals surface area contributed by atoms with Gasteiger partial charge >= 0.3 is 17.9 Å². The lowest BCUT2D eigenvalue weighted by Crippen LogP contribution is -2.30. The number of allylic oxidation sites excluding steroid dienone is 8. The van der Waals surface area contributed by atoms with Gasteiger partial charge in [0.2, 0.25) is 0 Å². The van der Waals surface area contributed by atoms with Gasteiger partial charge in [0, 0.05) is 19.3 Å². The summed E-state index contributed by atoms with van der Waals surface area (Å²) in [6, 6.07) is 0. The lowest BCUT2D eigenvalue weighted by atomic mass is 10.0. The first-order valence-corrected chi connectivity index (χ1v) is 31.6. The lowest BCUT2D eigenvalue weighted by Gasteiger charge is -2.18. The van der Waals surface area contributed by atoms with Gasteiger partial charge in [-0.05, 0) is 77.0 Å². The van der Waals surface area contributed by atoms with Gasteiger partial charge in [-0.1, -0.05) is 288 Å². The molecule has 1 atom stereocenters. The van der Waals surface area contributed by atoms with Crippen LogP contribution in [0.5, 0.6) is 0 Å². The molecule has 0 aliphatic rings. The molecule has 1 unspecified atom stereocenters. The molecule has 0 N–H and O–H groups in total. The van der Waals surface area contributed by atoms with Crippen LogP contribution in [-0.2, 0) is 28.6 Å². The fraction of sp³-hybridized carbons (Fsp3) is 0.833. The first-order valence-electron chi connectivity index (χ1n) is 31.6. The molecule has 0 aromatic rings. The zero-order valence-electron chi connectivity index (χ0n) is 48.2. The van der Waals surface area contributed by atoms with E-state index in [0.29, 0.717) is 19.3 Å². The molecule has 6 nitrogen and oxygen atoms in total. The topological polar surface area (TPSA) is 78.9 Å². The van der Waals surface area contributed by atoms with Crippen LogP contribution in [0.3, 0.4) is 0 Å². The van der Waals surface area contributed by atoms with E-state index in [9.17, 15) is 14.4 Å². The van der Waals surface area contributed by atoms with E-state index < -0.39 is 6.10 Å². The Hall–Kier alpha value is -2.63. The average Bonchev–Trinajstić information content (AvgIpc) is 3.38. The quantitative estimate of drug-likeness (QED) is 0.0261. The minimum atomic E-state index is -0.777. The van der Waals surface area contributed by atoms with E-state index in [0.717, 1.165) is 89.9 Å². The van der Waals surface area contributed by atoms with Crippen LogP contribution in [0.25, 0.3) is 0 Å². The Labute approximate surface area is 448 Å². The second-order valence-corrected chi connectivity index (χ2v) is 21.3. The highest BCUT2D eigenvalue weighted by molar-refractivity contribution is 5.71. The van der Waals surface area contributed by atoms with E-state index in [2.05, 4.69) is 69.4 Å². The summed E-state index contributed by atoms with van der Waals surface area (Å²) < 4.78 is 16.9. The van der Waals surface area contributed by atoms with Crippen LogP contribution in [-0.4, -0.2) is 37.2 Å². The molecule has 72 heavy (non-hydrogen) atoms. The van der Waals surface area contributed by atoms with E-state index in [-0.39, 0.29) is 31.1 Å². The number of hydrogen-bond donors (Lipinski definition) is 0. The van der Waals surface area contributed by atoms with Crippen molar-refractivity contribution in [2.24, 2.45) is 0 Å². The molecule has 0 aromatic heterocycles. The highest BCUT2D eigenvalue weighted by Crippen LogP contribution is 2.17. The maximum atomic E-state index is 12.9. The van der Waals surface area contributed by atoms with Crippen molar-refractivity contribution < 1.29 is 28.6 Å². The number of rotatable bonds is 58. The Kier molecular flexibility index (Phi) is 58.7. The lowest BCUT2D eigenvalue weighted by molar-refractivity contribution is -0.167. The summed E-state index contributed by atoms with van der Waals surface area (Å²) in [4.78, 5) is 38.2. The molecule has 0 saturated carbocycles. The molecular formula is C66H120O6. The molecule has 0 fully saturated rings. The number of unbranched alkanes of at least 4 members (excludes halogenated alkanes) is 39. The van der Waals surface area contributed by atoms with Crippen LogP contribution in [0.4, 0.5) is 0 Å². The molecule has 0 heterocycles. The number of esters is 3. The Morgan fingerprint density at radius 2 is 0.514 bits per heavy atom. The van der Waals surface area contributed by atoms with Crippen molar-refractivity contribution in [3.63, 3.8) is 0 Å². The summed E-state index contributed by atoms with van der Waals surface area (Å²) in [5.41, 5.74) is 0. The monoisotopic (exact) mass is 1010 g/mol. The van der Waals surface area contributed by atoms with Gasteiger partial charge in [-0.15, -0.1) is 0 Å². The van der Waals surface area contributed by atoms with E-state index in [1.54, 1.807) is 0 Å². The third-order valence-electron chi connectivity index (χ3n) is 14.1. The molecule has 0 amide bonds. The molecule has 0 saturated heterocycles. The number of carbonyl (C=O) groups is 3. The van der Waals surface area contributed by atoms with E-state index in [4.69, 9.17) is 14.2 Å². The summed E-state index contributed by atoms with van der Waals surface area (Å²) in [6.45, 7) is 6.62. The fourth-order valence-corrected chi connectivity index (χ4v) is 9.26. The summed E-state index contributed by atoms with van der Waals surface area (Å²) in [5, 5.41) is 0. The van der Waals surface area contributed by atoms with Crippen molar-refractivity contribution in [2.45, 2.75) is 341 Å². The zero-order chi connectivity index (χ0) is 52.2. The van der Waals surface area contributed by atoms with Gasteiger partial charge in [-0.3, -0.25) is 14.4 Å². The molecule has 0 spiro atoms. The summed E-state index contributed by atoms with van der Waals surface area (Å²) in [6.07, 6.45) is 75.5. The second-order valence-electron chi connectivity index (χ2n) is 21.3. The van der Waals surface area contributed by atoms with Crippen molar-refractivity contribution in [3.05, 3.63) is 48.6 Å². The fourth-order valence-electron chi connectivity index (χ4n) is 9.26. The standard InChI is InChI=1S/C66H120O6/c1-4-7-10-13-16-19-22-25-27-28-29-30-31-32-33-34-35-36-37-38-39-42-44-47-50-53-56-59-65(68)71-62-63(61-70-64(67)58-55-52-49-46-43-40-24-21-18-15-12-9-6-3)72-66(69)60-57-54-51-48-45-41-26-23-20-17-14-11-8-5-2/h14,17,22-23,25-26,28-29,63H,4-13,15-16,18-21,24,27,30-62H2,1-3H3/b17-14-,25-22-,26-23-,29-28-. The molecule has 0 aromatic carbocycles. The first kappa shape index (κ1) is 69.4. The number of ether oxygens (including phenoxy) is 3. The van der Waals surface area contributed by atoms with Crippen LogP contribution in [0.2, 0.25) is 0 Å². The third kappa shape index (κ3) is 58.3. The van der Waals surface area contributed by atoms with Gasteiger partial charge in [0.15, 0.2) is 6.10 Å². The third-order valence-corrected chi connectivity index (χ3v) is 14.1. The number of carbonyl (C=O) groups excluding carboxylic acids is 3. The largest absolute Gasteiger partial charge is 0.462 e. The van der Waals surface area contributed by atoms with E-state index in [1.165, 1.54) is 205 Å². The first-order chi connectivity index (χ1) is 35.5. The average molecular weight is 1010 g/mol. The predicted molar refractivity (Wildman–Crippen MR) is 312 cm³/mol. The minimum absolute atomic E-state index is 0.0748. The second kappa shape index (κ2) is 60.9. The Morgan fingerprint density at radius 3 is 0.806 bits per heavy atom. The maximum Gasteiger partial charge on any atom is 0.306 e. The Balaban J connectivity index is 4.20. The Morgan fingerprint density at radius 1 is 0.278 bits per heavy atom. The SMILES string of the molecule is CCCC/C=C\C/C=C\CCCCCCCC(=O)OC(COC(=O)CCCCCCCCCCCCCCC)COC(=O)CCCCCCCCCCCCCCCCC/C=C\C/C=C\CCCCCCC. The zero-order valence-corrected chi connectivity index (χ0v) is 48.2. The molecular weight excluding hydrogens is 889 g/mol. The highest BCUT2D eigenvalue weighted by Gasteiger charge is 2.19. The van der Waals surface area contributed by atoms with Crippen molar-refractivity contribution >= 4 is 17.9 Å². The van der Waals surface area contributed by atoms with Gasteiger partial charge in [-0.2, -0.15) is 0 Å². The minimum Gasteiger partial charge on any atom is -0.462 e. The van der Waals surface area contributed by atoms with Crippen molar-refractivity contribution in [2.75, 3.05) is 13.2 Å². The smallest absolute Gasteiger partial charge is 0.306 e. The maximum absolute atomic E-state index is 12.9. The van der Waals surface area contributed by atoms with Gasteiger partial charge in [0.05, 0.1) is 0 Å². The number of hydrogen-bond acceptors (Lipinski definition) is 6. The molecule has 0 aliphatic heterocycles. The van der Waals surface area contributed by atoms with E-state index in [1.807, 2.05) is 0 Å². The van der Waals surface area contributed by atoms with Crippen molar-refractivity contribution in [3.8, 4) is 0 Å². The van der Waals surface area contributed by atoms with E-state index >= 15 is 0 Å². The van der Waals surface area contributed by atoms with Crippen LogP contribution in [0, 0.1) is 0 Å². The molecule has 0 aliphatic carbocycles. The van der Waals surface area contributed by atoms with Gasteiger partial charge in [0.1, 0.15) is 13.2 Å². The molecule has 0 bridgehead atoms.